The largest absolute Gasteiger partial charge is 0.385 e. The van der Waals surface area contributed by atoms with Gasteiger partial charge in [-0.15, -0.1) is 0 Å². The van der Waals surface area contributed by atoms with E-state index in [4.69, 9.17) is 21.6 Å². The van der Waals surface area contributed by atoms with Crippen molar-refractivity contribution < 1.29 is 4.74 Å². The van der Waals surface area contributed by atoms with Gasteiger partial charge in [-0.05, 0) is 37.1 Å². The predicted molar refractivity (Wildman–Crippen MR) is 69.0 cm³/mol. The van der Waals surface area contributed by atoms with Crippen LogP contribution in [0.15, 0.2) is 18.2 Å². The van der Waals surface area contributed by atoms with Crippen molar-refractivity contribution in [3.8, 4) is 6.07 Å². The molecule has 0 amide bonds. The number of hydrogen-bond donors (Lipinski definition) is 1. The molecule has 0 spiro atoms. The van der Waals surface area contributed by atoms with Crippen LogP contribution in [0.3, 0.4) is 0 Å². The molecule has 0 saturated heterocycles. The Kier molecular flexibility index (Phi) is 6.64. The zero-order chi connectivity index (χ0) is 12.5. The molecule has 3 nitrogen and oxygen atoms in total. The Morgan fingerprint density at radius 2 is 2.24 bits per heavy atom. The van der Waals surface area contributed by atoms with Crippen LogP contribution in [-0.4, -0.2) is 20.3 Å². The summed E-state index contributed by atoms with van der Waals surface area (Å²) in [5, 5.41) is 12.7. The van der Waals surface area contributed by atoms with Crippen LogP contribution in [0.5, 0.6) is 0 Å². The summed E-state index contributed by atoms with van der Waals surface area (Å²) in [6.07, 6.45) is 2.15. The van der Waals surface area contributed by atoms with E-state index in [0.717, 1.165) is 38.1 Å². The fraction of sp³-hybridized carbons (Fsp3) is 0.462. The van der Waals surface area contributed by atoms with Crippen LogP contribution in [0, 0.1) is 11.3 Å². The van der Waals surface area contributed by atoms with Gasteiger partial charge in [-0.1, -0.05) is 17.7 Å². The molecule has 1 aromatic rings. The summed E-state index contributed by atoms with van der Waals surface area (Å²) in [5.74, 6) is 0. The summed E-state index contributed by atoms with van der Waals surface area (Å²) in [6.45, 7) is 2.48. The second-order valence-corrected chi connectivity index (χ2v) is 4.20. The van der Waals surface area contributed by atoms with Crippen LogP contribution in [0.2, 0.25) is 5.02 Å². The SMILES string of the molecule is COCCCCNCc1ccc(C#N)cc1Cl. The van der Waals surface area contributed by atoms with E-state index in [0.29, 0.717) is 10.6 Å². The molecule has 0 atom stereocenters. The Hall–Kier alpha value is -1.08. The summed E-state index contributed by atoms with van der Waals surface area (Å²) >= 11 is 6.06. The van der Waals surface area contributed by atoms with Gasteiger partial charge in [0.15, 0.2) is 0 Å². The first kappa shape index (κ1) is 14.0. The van der Waals surface area contributed by atoms with Crippen LogP contribution in [-0.2, 0) is 11.3 Å². The van der Waals surface area contributed by atoms with Crippen molar-refractivity contribution in [1.82, 2.24) is 5.32 Å². The van der Waals surface area contributed by atoms with Gasteiger partial charge in [0.2, 0.25) is 0 Å². The van der Waals surface area contributed by atoms with Gasteiger partial charge in [0.1, 0.15) is 0 Å². The van der Waals surface area contributed by atoms with Crippen LogP contribution < -0.4 is 5.32 Å². The highest BCUT2D eigenvalue weighted by Crippen LogP contribution is 2.17. The second kappa shape index (κ2) is 8.08. The third-order valence-electron chi connectivity index (χ3n) is 2.45. The standard InChI is InChI=1S/C13H17ClN2O/c1-17-7-3-2-6-16-10-12-5-4-11(9-15)8-13(12)14/h4-5,8,16H,2-3,6-7,10H2,1H3. The lowest BCUT2D eigenvalue weighted by Crippen LogP contribution is -2.15. The number of halogens is 1. The quantitative estimate of drug-likeness (QED) is 0.759. The molecule has 0 bridgehead atoms. The Labute approximate surface area is 107 Å². The highest BCUT2D eigenvalue weighted by Gasteiger charge is 2.01. The summed E-state index contributed by atoms with van der Waals surface area (Å²) in [7, 11) is 1.71. The highest BCUT2D eigenvalue weighted by molar-refractivity contribution is 6.31. The maximum absolute atomic E-state index is 8.71. The van der Waals surface area contributed by atoms with Crippen molar-refractivity contribution in [3.05, 3.63) is 34.3 Å². The highest BCUT2D eigenvalue weighted by atomic mass is 35.5. The number of rotatable bonds is 7. The Morgan fingerprint density at radius 3 is 2.88 bits per heavy atom. The minimum Gasteiger partial charge on any atom is -0.385 e. The number of unbranched alkanes of at least 4 members (excludes halogenated alkanes) is 1. The molecule has 0 unspecified atom stereocenters. The number of nitrogens with one attached hydrogen (secondary N) is 1. The van der Waals surface area contributed by atoms with Gasteiger partial charge in [-0.3, -0.25) is 0 Å². The van der Waals surface area contributed by atoms with Gasteiger partial charge in [0, 0.05) is 25.3 Å². The number of nitrogens with zero attached hydrogens (tertiary/aromatic N) is 1. The number of hydrogen-bond acceptors (Lipinski definition) is 3. The molecule has 1 N–H and O–H groups in total. The molecule has 1 aromatic carbocycles. The fourth-order valence-electron chi connectivity index (χ4n) is 1.48. The van der Waals surface area contributed by atoms with Crippen molar-refractivity contribution in [2.24, 2.45) is 0 Å². The first-order chi connectivity index (χ1) is 8.27. The minimum atomic E-state index is 0.596. The van der Waals surface area contributed by atoms with E-state index in [1.165, 1.54) is 0 Å². The number of methoxy groups -OCH3 is 1. The molecular formula is C13H17ClN2O. The summed E-state index contributed by atoms with van der Waals surface area (Å²) < 4.78 is 4.97. The van der Waals surface area contributed by atoms with Crippen molar-refractivity contribution >= 4 is 11.6 Å². The summed E-state index contributed by atoms with van der Waals surface area (Å²) in [5.41, 5.74) is 1.62. The third kappa shape index (κ3) is 5.18. The predicted octanol–water partition coefficient (Wildman–Crippen LogP) is 2.73. The lowest BCUT2D eigenvalue weighted by atomic mass is 10.1. The minimum absolute atomic E-state index is 0.596. The van der Waals surface area contributed by atoms with Crippen molar-refractivity contribution in [2.75, 3.05) is 20.3 Å². The van der Waals surface area contributed by atoms with Crippen molar-refractivity contribution in [1.29, 1.82) is 5.26 Å². The monoisotopic (exact) mass is 252 g/mol. The number of benzene rings is 1. The van der Waals surface area contributed by atoms with E-state index in [-0.39, 0.29) is 0 Å². The zero-order valence-corrected chi connectivity index (χ0v) is 10.8. The van der Waals surface area contributed by atoms with Gasteiger partial charge in [-0.2, -0.15) is 5.26 Å². The second-order valence-electron chi connectivity index (χ2n) is 3.79. The molecule has 0 aliphatic carbocycles. The first-order valence-electron chi connectivity index (χ1n) is 5.66. The van der Waals surface area contributed by atoms with E-state index < -0.39 is 0 Å². The maximum Gasteiger partial charge on any atom is 0.0992 e. The molecule has 1 rings (SSSR count). The number of nitriles is 1. The van der Waals surface area contributed by atoms with Gasteiger partial charge in [-0.25, -0.2) is 0 Å². The average molecular weight is 253 g/mol. The topological polar surface area (TPSA) is 45.0 Å². The lowest BCUT2D eigenvalue weighted by molar-refractivity contribution is 0.192. The van der Waals surface area contributed by atoms with Gasteiger partial charge < -0.3 is 10.1 Å². The summed E-state index contributed by atoms with van der Waals surface area (Å²) in [4.78, 5) is 0. The third-order valence-corrected chi connectivity index (χ3v) is 2.80. The molecule has 0 aliphatic rings. The Balaban J connectivity index is 2.30. The van der Waals surface area contributed by atoms with Crippen LogP contribution in [0.25, 0.3) is 0 Å². The molecule has 0 aliphatic heterocycles. The Bertz CT molecular complexity index is 387. The lowest BCUT2D eigenvalue weighted by Gasteiger charge is -2.06. The first-order valence-corrected chi connectivity index (χ1v) is 6.04. The average Bonchev–Trinajstić information content (AvgIpc) is 2.35. The zero-order valence-electron chi connectivity index (χ0n) is 10.0. The maximum atomic E-state index is 8.71. The van der Waals surface area contributed by atoms with E-state index in [2.05, 4.69) is 11.4 Å². The smallest absolute Gasteiger partial charge is 0.0992 e. The summed E-state index contributed by atoms with van der Waals surface area (Å²) in [6, 6.07) is 7.44. The molecular weight excluding hydrogens is 236 g/mol. The molecule has 0 aromatic heterocycles. The Morgan fingerprint density at radius 1 is 1.41 bits per heavy atom. The van der Waals surface area contributed by atoms with Gasteiger partial charge in [0.05, 0.1) is 11.6 Å². The van der Waals surface area contributed by atoms with E-state index >= 15 is 0 Å². The van der Waals surface area contributed by atoms with Gasteiger partial charge in [0.25, 0.3) is 0 Å². The van der Waals surface area contributed by atoms with Crippen molar-refractivity contribution in [2.45, 2.75) is 19.4 Å². The normalized spacial score (nSPS) is 10.2. The molecule has 92 valence electrons. The molecule has 17 heavy (non-hydrogen) atoms. The molecule has 0 fully saturated rings. The van der Waals surface area contributed by atoms with Crippen molar-refractivity contribution in [3.63, 3.8) is 0 Å². The van der Waals surface area contributed by atoms with Crippen LogP contribution >= 0.6 is 11.6 Å². The fourth-order valence-corrected chi connectivity index (χ4v) is 1.73. The molecule has 0 heterocycles. The van der Waals surface area contributed by atoms with E-state index in [9.17, 15) is 0 Å². The molecule has 4 heteroatoms. The van der Waals surface area contributed by atoms with E-state index in [1.807, 2.05) is 6.07 Å². The molecule has 0 radical (unpaired) electrons. The van der Waals surface area contributed by atoms with Gasteiger partial charge >= 0.3 is 0 Å². The number of ether oxygens (including phenoxy) is 1. The van der Waals surface area contributed by atoms with Crippen LogP contribution in [0.1, 0.15) is 24.0 Å². The molecule has 0 saturated carbocycles. The van der Waals surface area contributed by atoms with Crippen LogP contribution in [0.4, 0.5) is 0 Å². The van der Waals surface area contributed by atoms with E-state index in [1.54, 1.807) is 19.2 Å².